The number of nitrogens with zero attached hydrogens (tertiary/aromatic N) is 4. The van der Waals surface area contributed by atoms with Crippen LogP contribution in [0.15, 0.2) is 60.3 Å². The van der Waals surface area contributed by atoms with Gasteiger partial charge in [-0.15, -0.1) is 0 Å². The lowest BCUT2D eigenvalue weighted by molar-refractivity contribution is -0.401. The highest BCUT2D eigenvalue weighted by atomic mass is 16.6. The average Bonchev–Trinajstić information content (AvgIpc) is 3.06. The summed E-state index contributed by atoms with van der Waals surface area (Å²) in [5.74, 6) is 0. The van der Waals surface area contributed by atoms with Crippen LogP contribution in [0.2, 0.25) is 0 Å². The lowest BCUT2D eigenvalue weighted by Crippen LogP contribution is -2.26. The van der Waals surface area contributed by atoms with E-state index in [0.29, 0.717) is 5.56 Å². The van der Waals surface area contributed by atoms with Crippen LogP contribution in [-0.4, -0.2) is 29.3 Å². The molecular weight excluding hydrogens is 400 g/mol. The van der Waals surface area contributed by atoms with E-state index >= 15 is 0 Å². The Kier molecular flexibility index (Phi) is 4.82. The molecule has 2 aliphatic rings. The van der Waals surface area contributed by atoms with Crippen molar-refractivity contribution in [3.8, 4) is 6.07 Å². The second-order valence-corrected chi connectivity index (χ2v) is 9.47. The summed E-state index contributed by atoms with van der Waals surface area (Å²) in [6.45, 7) is 8.53. The van der Waals surface area contributed by atoms with Gasteiger partial charge >= 0.3 is 0 Å². The number of non-ortho nitro benzene ring substituents is 1. The number of nitro benzene ring substituents is 1. The van der Waals surface area contributed by atoms with Crippen molar-refractivity contribution >= 4 is 22.8 Å². The summed E-state index contributed by atoms with van der Waals surface area (Å²) >= 11 is 0. The highest BCUT2D eigenvalue weighted by Gasteiger charge is 2.43. The third-order valence-electron chi connectivity index (χ3n) is 6.90. The Bertz CT molecular complexity index is 1290. The summed E-state index contributed by atoms with van der Waals surface area (Å²) in [5.41, 5.74) is 6.61. The number of allylic oxidation sites excluding steroid dienone is 4. The highest BCUT2D eigenvalue weighted by Crippen LogP contribution is 2.48. The maximum atomic E-state index is 11.3. The van der Waals surface area contributed by atoms with Gasteiger partial charge in [-0.05, 0) is 43.7 Å². The standard InChI is InChI=1S/C26H27N4O2/c1-25(2)19-14-17(16-27)10-12-21(19)28(5)23(25)8-7-9-24-26(3,4)20-15-18(30(31)32)11-13-22(20)29(24)6/h7-15H,1-6H3/q+1. The number of nitriles is 1. The van der Waals surface area contributed by atoms with E-state index in [1.807, 2.05) is 38.4 Å². The molecule has 6 nitrogen and oxygen atoms in total. The van der Waals surface area contributed by atoms with Gasteiger partial charge in [0, 0.05) is 53.7 Å². The Labute approximate surface area is 188 Å². The van der Waals surface area contributed by atoms with Crippen molar-refractivity contribution in [3.05, 3.63) is 87.1 Å². The maximum Gasteiger partial charge on any atom is 0.269 e. The number of likely N-dealkylation sites (N-methyl/N-ethyl adjacent to an activating group) is 1. The van der Waals surface area contributed by atoms with E-state index in [4.69, 9.17) is 0 Å². The minimum absolute atomic E-state index is 0.112. The van der Waals surface area contributed by atoms with Gasteiger partial charge in [0.15, 0.2) is 5.71 Å². The summed E-state index contributed by atoms with van der Waals surface area (Å²) < 4.78 is 2.17. The molecule has 0 radical (unpaired) electrons. The number of nitro groups is 1. The number of rotatable bonds is 3. The molecule has 4 rings (SSSR count). The molecule has 0 spiro atoms. The fourth-order valence-electron chi connectivity index (χ4n) is 5.07. The largest absolute Gasteiger partial charge is 0.347 e. The molecule has 162 valence electrons. The van der Waals surface area contributed by atoms with Crippen LogP contribution in [0.1, 0.15) is 44.4 Å². The van der Waals surface area contributed by atoms with Crippen molar-refractivity contribution in [2.75, 3.05) is 19.0 Å². The smallest absolute Gasteiger partial charge is 0.269 e. The van der Waals surface area contributed by atoms with Crippen LogP contribution in [-0.2, 0) is 10.8 Å². The molecule has 2 aromatic carbocycles. The van der Waals surface area contributed by atoms with Crippen LogP contribution in [0.4, 0.5) is 17.1 Å². The molecule has 0 bridgehead atoms. The SMILES string of the molecule is CN1C(=CC=CC2=[N+](C)c3ccc(C#N)cc3C2(C)C)C(C)(C)c2cc([N+](=O)[O-])ccc21. The molecule has 2 aromatic rings. The lowest BCUT2D eigenvalue weighted by atomic mass is 9.80. The monoisotopic (exact) mass is 427 g/mol. The number of hydrogen-bond acceptors (Lipinski definition) is 4. The first-order chi connectivity index (χ1) is 15.0. The van der Waals surface area contributed by atoms with E-state index in [-0.39, 0.29) is 21.4 Å². The van der Waals surface area contributed by atoms with Gasteiger partial charge in [-0.2, -0.15) is 9.84 Å². The van der Waals surface area contributed by atoms with Gasteiger partial charge < -0.3 is 4.90 Å². The van der Waals surface area contributed by atoms with Gasteiger partial charge in [-0.1, -0.05) is 19.9 Å². The third kappa shape index (κ3) is 3.04. The number of hydrogen-bond donors (Lipinski definition) is 0. The molecule has 2 heterocycles. The number of anilines is 1. The van der Waals surface area contributed by atoms with Gasteiger partial charge in [-0.25, -0.2) is 0 Å². The topological polar surface area (TPSA) is 73.2 Å². The van der Waals surface area contributed by atoms with Crippen molar-refractivity contribution in [2.45, 2.75) is 38.5 Å². The lowest BCUT2D eigenvalue weighted by Gasteiger charge is -2.23. The minimum Gasteiger partial charge on any atom is -0.347 e. The summed E-state index contributed by atoms with van der Waals surface area (Å²) in [6.07, 6.45) is 6.26. The zero-order valence-electron chi connectivity index (χ0n) is 19.3. The van der Waals surface area contributed by atoms with Gasteiger partial charge in [0.25, 0.3) is 5.69 Å². The fourth-order valence-corrected chi connectivity index (χ4v) is 5.07. The Balaban J connectivity index is 1.70. The first-order valence-electron chi connectivity index (χ1n) is 10.6. The van der Waals surface area contributed by atoms with E-state index in [1.165, 1.54) is 0 Å². The molecule has 0 aromatic heterocycles. The average molecular weight is 428 g/mol. The molecule has 6 heteroatoms. The molecule has 32 heavy (non-hydrogen) atoms. The van der Waals surface area contributed by atoms with Gasteiger partial charge in [0.05, 0.1) is 22.0 Å². The molecule has 0 atom stereocenters. The second kappa shape index (κ2) is 7.16. The third-order valence-corrected chi connectivity index (χ3v) is 6.90. The van der Waals surface area contributed by atoms with Crippen LogP contribution in [0.25, 0.3) is 0 Å². The molecule has 0 N–H and O–H groups in total. The first kappa shape index (κ1) is 21.5. The van der Waals surface area contributed by atoms with Crippen LogP contribution in [0.3, 0.4) is 0 Å². The summed E-state index contributed by atoms with van der Waals surface area (Å²) in [7, 11) is 4.05. The van der Waals surface area contributed by atoms with Crippen LogP contribution >= 0.6 is 0 Å². The summed E-state index contributed by atoms with van der Waals surface area (Å²) in [5, 5.41) is 20.6. The molecule has 0 saturated carbocycles. The van der Waals surface area contributed by atoms with Crippen LogP contribution in [0, 0.1) is 21.4 Å². The number of benzene rings is 2. The zero-order chi connectivity index (χ0) is 23.4. The quantitative estimate of drug-likeness (QED) is 0.376. The van der Waals surface area contributed by atoms with Crippen molar-refractivity contribution < 1.29 is 9.50 Å². The molecule has 0 saturated heterocycles. The zero-order valence-corrected chi connectivity index (χ0v) is 19.3. The van der Waals surface area contributed by atoms with Crippen LogP contribution in [0.5, 0.6) is 0 Å². The number of fused-ring (bicyclic) bond motifs is 2. The Morgan fingerprint density at radius 2 is 1.81 bits per heavy atom. The van der Waals surface area contributed by atoms with Gasteiger partial charge in [0.2, 0.25) is 5.69 Å². The van der Waals surface area contributed by atoms with E-state index < -0.39 is 0 Å². The Hall–Kier alpha value is -3.72. The minimum atomic E-state index is -0.354. The fraction of sp³-hybridized carbons (Fsp3) is 0.308. The first-order valence-corrected chi connectivity index (χ1v) is 10.6. The van der Waals surface area contributed by atoms with E-state index in [9.17, 15) is 15.4 Å². The highest BCUT2D eigenvalue weighted by molar-refractivity contribution is 6.03. The van der Waals surface area contributed by atoms with E-state index in [2.05, 4.69) is 61.5 Å². The van der Waals surface area contributed by atoms with Crippen molar-refractivity contribution in [2.24, 2.45) is 0 Å². The molecule has 0 amide bonds. The Morgan fingerprint density at radius 3 is 2.47 bits per heavy atom. The molecular formula is C26H27N4O2+. The normalized spacial score (nSPS) is 19.4. The van der Waals surface area contributed by atoms with Crippen molar-refractivity contribution in [1.82, 2.24) is 0 Å². The molecule has 0 fully saturated rings. The maximum absolute atomic E-state index is 11.3. The summed E-state index contributed by atoms with van der Waals surface area (Å²) in [4.78, 5) is 13.0. The predicted molar refractivity (Wildman–Crippen MR) is 127 cm³/mol. The van der Waals surface area contributed by atoms with E-state index in [1.54, 1.807) is 12.1 Å². The van der Waals surface area contributed by atoms with E-state index in [0.717, 1.165) is 33.9 Å². The molecule has 2 aliphatic heterocycles. The van der Waals surface area contributed by atoms with Gasteiger partial charge in [-0.3, -0.25) is 10.1 Å². The molecule has 0 unspecified atom stereocenters. The second-order valence-electron chi connectivity index (χ2n) is 9.47. The van der Waals surface area contributed by atoms with Crippen molar-refractivity contribution in [1.29, 1.82) is 5.26 Å². The summed E-state index contributed by atoms with van der Waals surface area (Å²) in [6, 6.07) is 13.1. The van der Waals surface area contributed by atoms with Crippen molar-refractivity contribution in [3.63, 3.8) is 0 Å². The predicted octanol–water partition coefficient (Wildman–Crippen LogP) is 5.34. The Morgan fingerprint density at radius 1 is 1.09 bits per heavy atom. The molecule has 0 aliphatic carbocycles. The van der Waals surface area contributed by atoms with Gasteiger partial charge in [0.1, 0.15) is 7.05 Å². The van der Waals surface area contributed by atoms with Crippen LogP contribution < -0.4 is 4.90 Å².